The Morgan fingerprint density at radius 2 is 1.55 bits per heavy atom. The lowest BCUT2D eigenvalue weighted by Crippen LogP contribution is -2.17. The van der Waals surface area contributed by atoms with Crippen molar-refractivity contribution in [3.8, 4) is 0 Å². The second-order valence-corrected chi connectivity index (χ2v) is 9.27. The number of sulfonamides is 1. The van der Waals surface area contributed by atoms with Crippen LogP contribution in [0, 0.1) is 6.92 Å². The standard InChI is InChI=1S/C22H22N2O3S2/c1-3-28-21-15-8-7-13-20(21)23-22(25)18-12-9-14-19(16(18)2)24-29(26,27)17-10-5-4-6-11-17/h4-15,24H,3H2,1-2H3,(H,23,25). The van der Waals surface area contributed by atoms with Crippen LogP contribution in [0.2, 0.25) is 0 Å². The normalized spacial score (nSPS) is 11.1. The molecule has 3 rings (SSSR count). The molecule has 0 unspecified atom stereocenters. The zero-order valence-corrected chi connectivity index (χ0v) is 17.8. The first-order valence-electron chi connectivity index (χ1n) is 9.13. The highest BCUT2D eigenvalue weighted by Gasteiger charge is 2.18. The highest BCUT2D eigenvalue weighted by molar-refractivity contribution is 7.99. The molecular weight excluding hydrogens is 404 g/mol. The minimum Gasteiger partial charge on any atom is -0.321 e. The largest absolute Gasteiger partial charge is 0.321 e. The topological polar surface area (TPSA) is 75.3 Å². The van der Waals surface area contributed by atoms with Gasteiger partial charge in [0.15, 0.2) is 0 Å². The van der Waals surface area contributed by atoms with Gasteiger partial charge in [0.05, 0.1) is 16.3 Å². The van der Waals surface area contributed by atoms with Crippen molar-refractivity contribution >= 4 is 39.1 Å². The Morgan fingerprint density at radius 3 is 2.28 bits per heavy atom. The molecular formula is C22H22N2O3S2. The average Bonchev–Trinajstić information content (AvgIpc) is 2.72. The third kappa shape index (κ3) is 4.99. The van der Waals surface area contributed by atoms with E-state index >= 15 is 0 Å². The first-order chi connectivity index (χ1) is 13.9. The SMILES string of the molecule is CCSc1ccccc1NC(=O)c1cccc(NS(=O)(=O)c2ccccc2)c1C. The van der Waals surface area contributed by atoms with Gasteiger partial charge in [-0.1, -0.05) is 43.3 Å². The first kappa shape index (κ1) is 21.0. The highest BCUT2D eigenvalue weighted by atomic mass is 32.2. The van der Waals surface area contributed by atoms with Crippen molar-refractivity contribution in [3.63, 3.8) is 0 Å². The van der Waals surface area contributed by atoms with E-state index in [-0.39, 0.29) is 10.8 Å². The summed E-state index contributed by atoms with van der Waals surface area (Å²) in [6.07, 6.45) is 0. The van der Waals surface area contributed by atoms with Crippen molar-refractivity contribution in [1.82, 2.24) is 0 Å². The Morgan fingerprint density at radius 1 is 0.897 bits per heavy atom. The lowest BCUT2D eigenvalue weighted by Gasteiger charge is -2.15. The Bertz CT molecular complexity index is 1110. The van der Waals surface area contributed by atoms with Crippen LogP contribution in [0.4, 0.5) is 11.4 Å². The van der Waals surface area contributed by atoms with E-state index in [0.717, 1.165) is 16.3 Å². The fourth-order valence-electron chi connectivity index (χ4n) is 2.84. The molecule has 0 aromatic heterocycles. The summed E-state index contributed by atoms with van der Waals surface area (Å²) >= 11 is 1.65. The predicted molar refractivity (Wildman–Crippen MR) is 119 cm³/mol. The Kier molecular flexibility index (Phi) is 6.61. The van der Waals surface area contributed by atoms with Gasteiger partial charge < -0.3 is 5.32 Å². The van der Waals surface area contributed by atoms with Crippen LogP contribution >= 0.6 is 11.8 Å². The Balaban J connectivity index is 1.86. The molecule has 0 bridgehead atoms. The van der Waals surface area contributed by atoms with Crippen LogP contribution in [0.1, 0.15) is 22.8 Å². The van der Waals surface area contributed by atoms with Gasteiger partial charge in [-0.2, -0.15) is 0 Å². The number of anilines is 2. The van der Waals surface area contributed by atoms with E-state index in [1.54, 1.807) is 55.1 Å². The number of carbonyl (C=O) groups is 1. The molecule has 7 heteroatoms. The molecule has 0 radical (unpaired) electrons. The summed E-state index contributed by atoms with van der Waals surface area (Å²) in [5.74, 6) is 0.607. The van der Waals surface area contributed by atoms with Gasteiger partial charge >= 0.3 is 0 Å². The molecule has 0 saturated carbocycles. The zero-order chi connectivity index (χ0) is 20.9. The number of carbonyl (C=O) groups excluding carboxylic acids is 1. The maximum Gasteiger partial charge on any atom is 0.261 e. The van der Waals surface area contributed by atoms with Crippen LogP contribution in [-0.4, -0.2) is 20.1 Å². The Labute approximate surface area is 175 Å². The maximum atomic E-state index is 12.9. The van der Waals surface area contributed by atoms with Crippen molar-refractivity contribution in [2.24, 2.45) is 0 Å². The maximum absolute atomic E-state index is 12.9. The Hall–Kier alpha value is -2.77. The van der Waals surface area contributed by atoms with Gasteiger partial charge in [-0.25, -0.2) is 8.42 Å². The van der Waals surface area contributed by atoms with Crippen molar-refractivity contribution in [1.29, 1.82) is 0 Å². The molecule has 0 atom stereocenters. The molecule has 5 nitrogen and oxygen atoms in total. The van der Waals surface area contributed by atoms with Crippen LogP contribution in [0.15, 0.2) is 82.6 Å². The minimum absolute atomic E-state index is 0.166. The summed E-state index contributed by atoms with van der Waals surface area (Å²) in [7, 11) is -3.74. The van der Waals surface area contributed by atoms with Crippen LogP contribution in [0.25, 0.3) is 0 Å². The fourth-order valence-corrected chi connectivity index (χ4v) is 4.74. The van der Waals surface area contributed by atoms with E-state index in [9.17, 15) is 13.2 Å². The van der Waals surface area contributed by atoms with Crippen LogP contribution in [0.5, 0.6) is 0 Å². The van der Waals surface area contributed by atoms with Crippen molar-refractivity contribution in [2.45, 2.75) is 23.6 Å². The molecule has 150 valence electrons. The van der Waals surface area contributed by atoms with Crippen LogP contribution < -0.4 is 10.0 Å². The third-order valence-electron chi connectivity index (χ3n) is 4.31. The van der Waals surface area contributed by atoms with Gasteiger partial charge in [0, 0.05) is 10.5 Å². The summed E-state index contributed by atoms with van der Waals surface area (Å²) in [5, 5.41) is 2.94. The quantitative estimate of drug-likeness (QED) is 0.512. The second-order valence-electron chi connectivity index (χ2n) is 6.28. The van der Waals surface area contributed by atoms with Crippen molar-refractivity contribution in [3.05, 3.63) is 83.9 Å². The third-order valence-corrected chi connectivity index (χ3v) is 6.65. The molecule has 3 aromatic rings. The number of thioether (sulfide) groups is 1. The average molecular weight is 427 g/mol. The van der Waals surface area contributed by atoms with Gasteiger partial charge in [-0.3, -0.25) is 9.52 Å². The number of hydrogen-bond acceptors (Lipinski definition) is 4. The molecule has 1 amide bonds. The van der Waals surface area contributed by atoms with Gasteiger partial charge in [0.1, 0.15) is 0 Å². The number of amides is 1. The van der Waals surface area contributed by atoms with Gasteiger partial charge in [0.25, 0.3) is 15.9 Å². The van der Waals surface area contributed by atoms with Gasteiger partial charge in [-0.15, -0.1) is 11.8 Å². The summed E-state index contributed by atoms with van der Waals surface area (Å²) in [5.41, 5.74) is 2.08. The number of para-hydroxylation sites is 1. The first-order valence-corrected chi connectivity index (χ1v) is 11.6. The van der Waals surface area contributed by atoms with E-state index in [4.69, 9.17) is 0 Å². The molecule has 3 aromatic carbocycles. The molecule has 0 spiro atoms. The summed E-state index contributed by atoms with van der Waals surface area (Å²) < 4.78 is 27.8. The van der Waals surface area contributed by atoms with E-state index in [2.05, 4.69) is 17.0 Å². The van der Waals surface area contributed by atoms with E-state index in [1.807, 2.05) is 24.3 Å². The lowest BCUT2D eigenvalue weighted by molar-refractivity contribution is 0.102. The molecule has 0 saturated heterocycles. The summed E-state index contributed by atoms with van der Waals surface area (Å²) in [4.78, 5) is 14.0. The number of rotatable bonds is 7. The van der Waals surface area contributed by atoms with Crippen LogP contribution in [-0.2, 0) is 10.0 Å². The van der Waals surface area contributed by atoms with Crippen LogP contribution in [0.3, 0.4) is 0 Å². The van der Waals surface area contributed by atoms with Crippen molar-refractivity contribution in [2.75, 3.05) is 15.8 Å². The smallest absolute Gasteiger partial charge is 0.261 e. The minimum atomic E-state index is -3.74. The molecule has 2 N–H and O–H groups in total. The molecule has 0 aliphatic rings. The molecule has 29 heavy (non-hydrogen) atoms. The molecule has 0 aliphatic heterocycles. The molecule has 0 fully saturated rings. The number of hydrogen-bond donors (Lipinski definition) is 2. The lowest BCUT2D eigenvalue weighted by atomic mass is 10.1. The highest BCUT2D eigenvalue weighted by Crippen LogP contribution is 2.28. The fraction of sp³-hybridized carbons (Fsp3) is 0.136. The number of nitrogens with one attached hydrogen (secondary N) is 2. The van der Waals surface area contributed by atoms with E-state index in [0.29, 0.717) is 16.8 Å². The van der Waals surface area contributed by atoms with Gasteiger partial charge in [-0.05, 0) is 54.6 Å². The number of benzene rings is 3. The summed E-state index contributed by atoms with van der Waals surface area (Å²) in [6.45, 7) is 3.78. The zero-order valence-electron chi connectivity index (χ0n) is 16.2. The molecule has 0 aliphatic carbocycles. The second kappa shape index (κ2) is 9.15. The summed E-state index contributed by atoms with van der Waals surface area (Å²) in [6, 6.07) is 20.7. The van der Waals surface area contributed by atoms with E-state index < -0.39 is 10.0 Å². The molecule has 0 heterocycles. The predicted octanol–water partition coefficient (Wildman–Crippen LogP) is 5.16. The van der Waals surface area contributed by atoms with Gasteiger partial charge in [0.2, 0.25) is 0 Å². The monoisotopic (exact) mass is 426 g/mol. The van der Waals surface area contributed by atoms with E-state index in [1.165, 1.54) is 12.1 Å². The van der Waals surface area contributed by atoms with Crippen molar-refractivity contribution < 1.29 is 13.2 Å².